The smallest absolute Gasteiger partial charge is 0.0850 e. The second kappa shape index (κ2) is 4.10. The SMILES string of the molecule is C=CC(C)C(O)c1cccc(N)c1. The summed E-state index contributed by atoms with van der Waals surface area (Å²) in [6, 6.07) is 7.28. The van der Waals surface area contributed by atoms with Crippen LogP contribution in [-0.2, 0) is 0 Å². The van der Waals surface area contributed by atoms with E-state index >= 15 is 0 Å². The number of benzene rings is 1. The third-order valence-electron chi connectivity index (χ3n) is 2.12. The van der Waals surface area contributed by atoms with E-state index in [9.17, 15) is 5.11 Å². The summed E-state index contributed by atoms with van der Waals surface area (Å²) in [5, 5.41) is 9.79. The summed E-state index contributed by atoms with van der Waals surface area (Å²) in [4.78, 5) is 0. The van der Waals surface area contributed by atoms with Crippen molar-refractivity contribution in [3.63, 3.8) is 0 Å². The van der Waals surface area contributed by atoms with Gasteiger partial charge in [0.05, 0.1) is 6.10 Å². The van der Waals surface area contributed by atoms with Gasteiger partial charge in [0.15, 0.2) is 0 Å². The Bertz CT molecular complexity index is 296. The number of aliphatic hydroxyl groups is 1. The highest BCUT2D eigenvalue weighted by atomic mass is 16.3. The number of nitrogens with two attached hydrogens (primary N) is 1. The summed E-state index contributed by atoms with van der Waals surface area (Å²) < 4.78 is 0. The van der Waals surface area contributed by atoms with Crippen molar-refractivity contribution in [3.05, 3.63) is 42.5 Å². The standard InChI is InChI=1S/C11H15NO/c1-3-8(2)11(13)9-5-4-6-10(12)7-9/h3-8,11,13H,1,12H2,2H3. The molecule has 0 heterocycles. The average molecular weight is 177 g/mol. The van der Waals surface area contributed by atoms with Crippen LogP contribution in [0.1, 0.15) is 18.6 Å². The first-order valence-corrected chi connectivity index (χ1v) is 4.31. The van der Waals surface area contributed by atoms with Crippen LogP contribution < -0.4 is 5.73 Å². The van der Waals surface area contributed by atoms with E-state index in [0.717, 1.165) is 5.56 Å². The van der Waals surface area contributed by atoms with Crippen molar-refractivity contribution in [2.24, 2.45) is 5.92 Å². The largest absolute Gasteiger partial charge is 0.399 e. The van der Waals surface area contributed by atoms with Crippen LogP contribution in [0.15, 0.2) is 36.9 Å². The maximum atomic E-state index is 9.79. The molecule has 0 bridgehead atoms. The molecule has 0 amide bonds. The van der Waals surface area contributed by atoms with E-state index in [0.29, 0.717) is 5.69 Å². The molecule has 2 atom stereocenters. The first kappa shape index (κ1) is 9.81. The third kappa shape index (κ3) is 2.33. The molecule has 0 spiro atoms. The van der Waals surface area contributed by atoms with E-state index in [1.165, 1.54) is 0 Å². The molecule has 70 valence electrons. The van der Waals surface area contributed by atoms with Gasteiger partial charge in [0.1, 0.15) is 0 Å². The summed E-state index contributed by atoms with van der Waals surface area (Å²) in [5.41, 5.74) is 7.12. The minimum absolute atomic E-state index is 0.0433. The lowest BCUT2D eigenvalue weighted by Gasteiger charge is -2.15. The highest BCUT2D eigenvalue weighted by molar-refractivity contribution is 5.41. The average Bonchev–Trinajstić information content (AvgIpc) is 2.15. The van der Waals surface area contributed by atoms with Gasteiger partial charge >= 0.3 is 0 Å². The fourth-order valence-corrected chi connectivity index (χ4v) is 1.18. The van der Waals surface area contributed by atoms with Crippen LogP contribution in [0.4, 0.5) is 5.69 Å². The van der Waals surface area contributed by atoms with Crippen molar-refractivity contribution >= 4 is 5.69 Å². The van der Waals surface area contributed by atoms with Crippen LogP contribution in [-0.4, -0.2) is 5.11 Å². The number of aliphatic hydroxyl groups excluding tert-OH is 1. The molecule has 0 saturated heterocycles. The van der Waals surface area contributed by atoms with Crippen molar-refractivity contribution in [3.8, 4) is 0 Å². The fourth-order valence-electron chi connectivity index (χ4n) is 1.18. The van der Waals surface area contributed by atoms with Gasteiger partial charge < -0.3 is 10.8 Å². The molecule has 0 fully saturated rings. The van der Waals surface area contributed by atoms with Crippen LogP contribution in [0.3, 0.4) is 0 Å². The number of hydrogen-bond acceptors (Lipinski definition) is 2. The van der Waals surface area contributed by atoms with Gasteiger partial charge in [0, 0.05) is 11.6 Å². The van der Waals surface area contributed by atoms with Gasteiger partial charge in [-0.15, -0.1) is 6.58 Å². The molecule has 0 aromatic heterocycles. The van der Waals surface area contributed by atoms with Crippen LogP contribution in [0.5, 0.6) is 0 Å². The van der Waals surface area contributed by atoms with E-state index in [-0.39, 0.29) is 5.92 Å². The Hall–Kier alpha value is -1.28. The zero-order valence-corrected chi connectivity index (χ0v) is 7.77. The van der Waals surface area contributed by atoms with Crippen molar-refractivity contribution in [2.45, 2.75) is 13.0 Å². The molecule has 2 nitrogen and oxygen atoms in total. The van der Waals surface area contributed by atoms with Crippen LogP contribution in [0.2, 0.25) is 0 Å². The molecular weight excluding hydrogens is 162 g/mol. The molecule has 0 aliphatic heterocycles. The van der Waals surface area contributed by atoms with Crippen LogP contribution >= 0.6 is 0 Å². The Kier molecular flexibility index (Phi) is 3.09. The van der Waals surface area contributed by atoms with E-state index in [1.807, 2.05) is 19.1 Å². The van der Waals surface area contributed by atoms with E-state index in [4.69, 9.17) is 5.73 Å². The summed E-state index contributed by atoms with van der Waals surface area (Å²) in [5.74, 6) is 0.0433. The zero-order valence-electron chi connectivity index (χ0n) is 7.77. The number of rotatable bonds is 3. The Labute approximate surface area is 78.7 Å². The number of nitrogen functional groups attached to an aromatic ring is 1. The second-order valence-corrected chi connectivity index (χ2v) is 3.21. The predicted molar refractivity (Wildman–Crippen MR) is 55.2 cm³/mol. The van der Waals surface area contributed by atoms with E-state index in [1.54, 1.807) is 18.2 Å². The molecule has 0 radical (unpaired) electrons. The van der Waals surface area contributed by atoms with Gasteiger partial charge in [-0.05, 0) is 17.7 Å². The van der Waals surface area contributed by atoms with Crippen molar-refractivity contribution < 1.29 is 5.11 Å². The van der Waals surface area contributed by atoms with Crippen molar-refractivity contribution in [2.75, 3.05) is 5.73 Å². The highest BCUT2D eigenvalue weighted by Gasteiger charge is 2.12. The molecule has 1 aromatic rings. The van der Waals surface area contributed by atoms with Gasteiger partial charge in [0.25, 0.3) is 0 Å². The van der Waals surface area contributed by atoms with Gasteiger partial charge in [-0.3, -0.25) is 0 Å². The summed E-state index contributed by atoms with van der Waals surface area (Å²) in [6.45, 7) is 5.56. The van der Waals surface area contributed by atoms with Crippen molar-refractivity contribution in [1.29, 1.82) is 0 Å². The van der Waals surface area contributed by atoms with Crippen LogP contribution in [0, 0.1) is 5.92 Å². The van der Waals surface area contributed by atoms with E-state index < -0.39 is 6.10 Å². The first-order chi connectivity index (χ1) is 6.15. The monoisotopic (exact) mass is 177 g/mol. The fraction of sp³-hybridized carbons (Fsp3) is 0.273. The zero-order chi connectivity index (χ0) is 9.84. The van der Waals surface area contributed by atoms with E-state index in [2.05, 4.69) is 6.58 Å². The molecule has 0 aliphatic rings. The van der Waals surface area contributed by atoms with Gasteiger partial charge in [-0.2, -0.15) is 0 Å². The lowest BCUT2D eigenvalue weighted by atomic mass is 9.97. The molecular formula is C11H15NO. The van der Waals surface area contributed by atoms with Gasteiger partial charge in [-0.25, -0.2) is 0 Å². The van der Waals surface area contributed by atoms with Gasteiger partial charge in [0.2, 0.25) is 0 Å². The summed E-state index contributed by atoms with van der Waals surface area (Å²) >= 11 is 0. The molecule has 1 aromatic carbocycles. The molecule has 0 aliphatic carbocycles. The molecule has 0 saturated carbocycles. The Morgan fingerprint density at radius 1 is 1.54 bits per heavy atom. The normalized spacial score (nSPS) is 14.9. The quantitative estimate of drug-likeness (QED) is 0.548. The molecule has 2 heteroatoms. The molecule has 2 unspecified atom stereocenters. The minimum Gasteiger partial charge on any atom is -0.399 e. The van der Waals surface area contributed by atoms with Gasteiger partial charge in [-0.1, -0.05) is 25.1 Å². The highest BCUT2D eigenvalue weighted by Crippen LogP contribution is 2.23. The molecule has 3 N–H and O–H groups in total. The lowest BCUT2D eigenvalue weighted by Crippen LogP contribution is -2.06. The maximum Gasteiger partial charge on any atom is 0.0850 e. The Balaban J connectivity index is 2.88. The lowest BCUT2D eigenvalue weighted by molar-refractivity contribution is 0.140. The Morgan fingerprint density at radius 2 is 2.23 bits per heavy atom. The predicted octanol–water partition coefficient (Wildman–Crippen LogP) is 2.12. The Morgan fingerprint density at radius 3 is 2.77 bits per heavy atom. The number of hydrogen-bond donors (Lipinski definition) is 2. The summed E-state index contributed by atoms with van der Waals surface area (Å²) in [7, 11) is 0. The summed E-state index contributed by atoms with van der Waals surface area (Å²) in [6.07, 6.45) is 1.22. The maximum absolute atomic E-state index is 9.79. The van der Waals surface area contributed by atoms with Crippen molar-refractivity contribution in [1.82, 2.24) is 0 Å². The molecule has 13 heavy (non-hydrogen) atoms. The molecule has 1 rings (SSSR count). The number of anilines is 1. The van der Waals surface area contributed by atoms with Crippen LogP contribution in [0.25, 0.3) is 0 Å². The first-order valence-electron chi connectivity index (χ1n) is 4.31. The third-order valence-corrected chi connectivity index (χ3v) is 2.12. The minimum atomic E-state index is -0.513. The topological polar surface area (TPSA) is 46.2 Å². The second-order valence-electron chi connectivity index (χ2n) is 3.21.